The largest absolute Gasteiger partial charge is 0.460 e. The van der Waals surface area contributed by atoms with Crippen LogP contribution in [0, 0.1) is 5.41 Å². The Morgan fingerprint density at radius 2 is 1.52 bits per heavy atom. The Bertz CT molecular complexity index is 782. The van der Waals surface area contributed by atoms with Gasteiger partial charge < -0.3 is 9.47 Å². The van der Waals surface area contributed by atoms with E-state index in [1.165, 1.54) is 10.8 Å². The summed E-state index contributed by atoms with van der Waals surface area (Å²) in [6.07, 6.45) is 1.07. The number of benzene rings is 2. The predicted octanol–water partition coefficient (Wildman–Crippen LogP) is 6.24. The minimum atomic E-state index is -0.540. The van der Waals surface area contributed by atoms with Crippen LogP contribution in [0.4, 0.5) is 0 Å². The molecular weight excluding hydrogens is 336 g/mol. The van der Waals surface area contributed by atoms with Crippen molar-refractivity contribution in [1.29, 1.82) is 0 Å². The van der Waals surface area contributed by atoms with E-state index < -0.39 is 11.2 Å². The minimum absolute atomic E-state index is 0.0677. The highest BCUT2D eigenvalue weighted by Gasteiger charge is 2.28. The van der Waals surface area contributed by atoms with Crippen LogP contribution in [-0.2, 0) is 19.9 Å². The average molecular weight is 371 g/mol. The van der Waals surface area contributed by atoms with E-state index in [2.05, 4.69) is 50.2 Å². The number of carbonyl (C=O) groups is 1. The molecule has 0 aliphatic heterocycles. The summed E-state index contributed by atoms with van der Waals surface area (Å²) in [5.41, 5.74) is 0.128. The Kier molecular flexibility index (Phi) is 6.36. The van der Waals surface area contributed by atoms with E-state index in [1.807, 2.05) is 40.7 Å². The first-order valence-electron chi connectivity index (χ1n) is 9.73. The smallest absolute Gasteiger partial charge is 0.306 e. The van der Waals surface area contributed by atoms with Crippen molar-refractivity contribution in [2.24, 2.45) is 5.41 Å². The minimum Gasteiger partial charge on any atom is -0.460 e. The Balaban J connectivity index is 1.94. The van der Waals surface area contributed by atoms with Crippen molar-refractivity contribution in [3.63, 3.8) is 0 Å². The second-order valence-electron chi connectivity index (χ2n) is 9.64. The molecule has 0 saturated carbocycles. The molecule has 0 spiro atoms. The second kappa shape index (κ2) is 8.02. The van der Waals surface area contributed by atoms with Gasteiger partial charge in [-0.2, -0.15) is 0 Å². The van der Waals surface area contributed by atoms with Crippen LogP contribution in [0.5, 0.6) is 0 Å². The molecule has 0 aromatic heterocycles. The zero-order chi connectivity index (χ0) is 20.3. The lowest BCUT2D eigenvalue weighted by molar-refractivity contribution is -0.161. The van der Waals surface area contributed by atoms with Crippen LogP contribution in [0.1, 0.15) is 66.9 Å². The van der Waals surface area contributed by atoms with E-state index in [0.29, 0.717) is 19.4 Å². The first-order chi connectivity index (χ1) is 12.4. The third-order valence-corrected chi connectivity index (χ3v) is 4.68. The molecule has 0 saturated heterocycles. The molecule has 0 bridgehead atoms. The van der Waals surface area contributed by atoms with Crippen LogP contribution in [0.2, 0.25) is 0 Å². The van der Waals surface area contributed by atoms with E-state index >= 15 is 0 Å². The van der Waals surface area contributed by atoms with Gasteiger partial charge in [0.05, 0.1) is 18.6 Å². The van der Waals surface area contributed by atoms with Gasteiger partial charge in [0.25, 0.3) is 0 Å². The Morgan fingerprint density at radius 1 is 0.889 bits per heavy atom. The van der Waals surface area contributed by atoms with Crippen molar-refractivity contribution >= 4 is 16.7 Å². The molecule has 0 radical (unpaired) electrons. The molecule has 3 heteroatoms. The van der Waals surface area contributed by atoms with E-state index in [0.717, 1.165) is 5.56 Å². The summed E-state index contributed by atoms with van der Waals surface area (Å²) in [5, 5.41) is 2.44. The van der Waals surface area contributed by atoms with Gasteiger partial charge in [0, 0.05) is 6.42 Å². The average Bonchev–Trinajstić information content (AvgIpc) is 2.51. The van der Waals surface area contributed by atoms with E-state index in [4.69, 9.17) is 9.47 Å². The summed E-state index contributed by atoms with van der Waals surface area (Å²) < 4.78 is 11.9. The van der Waals surface area contributed by atoms with Gasteiger partial charge in [0.1, 0.15) is 5.60 Å². The first kappa shape index (κ1) is 21.4. The summed E-state index contributed by atoms with van der Waals surface area (Å²) in [4.78, 5) is 12.1. The van der Waals surface area contributed by atoms with Crippen LogP contribution in [0.15, 0.2) is 42.5 Å². The molecule has 148 valence electrons. The maximum atomic E-state index is 12.1. The quantitative estimate of drug-likeness (QED) is 0.541. The fourth-order valence-electron chi connectivity index (χ4n) is 3.03. The molecule has 2 aromatic rings. The maximum Gasteiger partial charge on any atom is 0.306 e. The maximum absolute atomic E-state index is 12.1. The molecule has 2 aromatic carbocycles. The van der Waals surface area contributed by atoms with Crippen LogP contribution in [-0.4, -0.2) is 18.2 Å². The highest BCUT2D eigenvalue weighted by molar-refractivity contribution is 5.83. The van der Waals surface area contributed by atoms with Gasteiger partial charge in [-0.1, -0.05) is 57.2 Å². The molecular formula is C24H34O3. The standard InChI is InChI=1S/C24H34O3/c1-22(2,3)17-21(25)27-23(4,5)14-15-26-24(6,7)20-13-12-18-10-8-9-11-19(18)16-20/h8-13,16H,14-15,17H2,1-7H3. The third kappa shape index (κ3) is 6.66. The van der Waals surface area contributed by atoms with Gasteiger partial charge in [-0.3, -0.25) is 4.79 Å². The summed E-state index contributed by atoms with van der Waals surface area (Å²) in [6, 6.07) is 14.8. The van der Waals surface area contributed by atoms with Gasteiger partial charge in [-0.25, -0.2) is 0 Å². The lowest BCUT2D eigenvalue weighted by Crippen LogP contribution is -2.33. The van der Waals surface area contributed by atoms with Crippen LogP contribution in [0.25, 0.3) is 10.8 Å². The number of hydrogen-bond acceptors (Lipinski definition) is 3. The lowest BCUT2D eigenvalue weighted by Gasteiger charge is -2.30. The van der Waals surface area contributed by atoms with Crippen molar-refractivity contribution < 1.29 is 14.3 Å². The summed E-state index contributed by atoms with van der Waals surface area (Å²) in [7, 11) is 0. The van der Waals surface area contributed by atoms with Crippen molar-refractivity contribution in [2.75, 3.05) is 6.61 Å². The molecule has 0 unspecified atom stereocenters. The molecule has 0 fully saturated rings. The molecule has 0 aliphatic carbocycles. The number of esters is 1. The summed E-state index contributed by atoms with van der Waals surface area (Å²) in [6.45, 7) is 14.7. The van der Waals surface area contributed by atoms with Crippen molar-refractivity contribution in [3.8, 4) is 0 Å². The molecule has 27 heavy (non-hydrogen) atoms. The van der Waals surface area contributed by atoms with E-state index in [-0.39, 0.29) is 11.4 Å². The molecule has 0 N–H and O–H groups in total. The fourth-order valence-corrected chi connectivity index (χ4v) is 3.03. The lowest BCUT2D eigenvalue weighted by atomic mass is 9.92. The normalized spacial score (nSPS) is 13.0. The van der Waals surface area contributed by atoms with Crippen molar-refractivity contribution in [3.05, 3.63) is 48.0 Å². The molecule has 0 aliphatic rings. The van der Waals surface area contributed by atoms with Gasteiger partial charge >= 0.3 is 5.97 Å². The van der Waals surface area contributed by atoms with Gasteiger partial charge in [-0.05, 0) is 55.5 Å². The summed E-state index contributed by atoms with van der Waals surface area (Å²) >= 11 is 0. The number of rotatable bonds is 7. The highest BCUT2D eigenvalue weighted by Crippen LogP contribution is 2.29. The van der Waals surface area contributed by atoms with Crippen molar-refractivity contribution in [2.45, 2.75) is 72.5 Å². The zero-order valence-corrected chi connectivity index (χ0v) is 17.9. The van der Waals surface area contributed by atoms with Gasteiger partial charge in [0.2, 0.25) is 0 Å². The predicted molar refractivity (Wildman–Crippen MR) is 112 cm³/mol. The topological polar surface area (TPSA) is 35.5 Å². The van der Waals surface area contributed by atoms with Crippen molar-refractivity contribution in [1.82, 2.24) is 0 Å². The number of carbonyl (C=O) groups excluding carboxylic acids is 1. The van der Waals surface area contributed by atoms with E-state index in [1.54, 1.807) is 0 Å². The van der Waals surface area contributed by atoms with Crippen LogP contribution in [0.3, 0.4) is 0 Å². The van der Waals surface area contributed by atoms with E-state index in [9.17, 15) is 4.79 Å². The third-order valence-electron chi connectivity index (χ3n) is 4.68. The highest BCUT2D eigenvalue weighted by atomic mass is 16.6. The molecule has 0 amide bonds. The Hall–Kier alpha value is -1.87. The monoisotopic (exact) mass is 370 g/mol. The fraction of sp³-hybridized carbons (Fsp3) is 0.542. The number of fused-ring (bicyclic) bond motifs is 1. The Morgan fingerprint density at radius 3 is 2.15 bits per heavy atom. The number of ether oxygens (including phenoxy) is 2. The molecule has 2 rings (SSSR count). The first-order valence-corrected chi connectivity index (χ1v) is 9.73. The SMILES string of the molecule is CC(C)(C)CC(=O)OC(C)(C)CCOC(C)(C)c1ccc2ccccc2c1. The summed E-state index contributed by atoms with van der Waals surface area (Å²) in [5.74, 6) is -0.152. The van der Waals surface area contributed by atoms with Crippen LogP contribution >= 0.6 is 0 Å². The van der Waals surface area contributed by atoms with Gasteiger partial charge in [0.15, 0.2) is 0 Å². The molecule has 0 heterocycles. The molecule has 3 nitrogen and oxygen atoms in total. The Labute approximate surface area is 164 Å². The molecule has 0 atom stereocenters. The zero-order valence-electron chi connectivity index (χ0n) is 17.9. The number of hydrogen-bond donors (Lipinski definition) is 0. The van der Waals surface area contributed by atoms with Crippen LogP contribution < -0.4 is 0 Å². The van der Waals surface area contributed by atoms with Gasteiger partial charge in [-0.15, -0.1) is 0 Å². The second-order valence-corrected chi connectivity index (χ2v) is 9.64.